The number of hydrogen-bond acceptors (Lipinski definition) is 5. The van der Waals surface area contributed by atoms with Crippen LogP contribution in [-0.2, 0) is 0 Å². The van der Waals surface area contributed by atoms with Gasteiger partial charge in [0.2, 0.25) is 0 Å². The first-order valence-electron chi connectivity index (χ1n) is 2.44. The largest absolute Gasteiger partial charge is 0.396 e. The summed E-state index contributed by atoms with van der Waals surface area (Å²) in [6.45, 7) is 0.199. The van der Waals surface area contributed by atoms with Crippen molar-refractivity contribution in [3.05, 3.63) is 6.33 Å². The van der Waals surface area contributed by atoms with Crippen molar-refractivity contribution in [1.29, 1.82) is 0 Å². The van der Waals surface area contributed by atoms with Crippen LogP contribution in [-0.4, -0.2) is 26.8 Å². The summed E-state index contributed by atoms with van der Waals surface area (Å²) < 4.78 is 4.72. The highest BCUT2D eigenvalue weighted by atomic mass is 32.2. The van der Waals surface area contributed by atoms with Crippen LogP contribution in [0.15, 0.2) is 10.7 Å². The van der Waals surface area contributed by atoms with Crippen molar-refractivity contribution in [3.63, 3.8) is 0 Å². The summed E-state index contributed by atoms with van der Waals surface area (Å²) in [5.41, 5.74) is 0. The maximum Gasteiger partial charge on any atom is 0.169 e. The Bertz CT molecular complexity index is 154. The molecule has 0 amide bonds. The van der Waals surface area contributed by atoms with Gasteiger partial charge in [-0.3, -0.25) is 0 Å². The van der Waals surface area contributed by atoms with Crippen LogP contribution < -0.4 is 0 Å². The van der Waals surface area contributed by atoms with Crippen molar-refractivity contribution >= 4 is 23.3 Å². The normalized spacial score (nSPS) is 9.89. The molecule has 0 aliphatic heterocycles. The highest BCUT2D eigenvalue weighted by Gasteiger charge is 1.93. The summed E-state index contributed by atoms with van der Waals surface area (Å²) in [7, 11) is 0. The zero-order valence-corrected chi connectivity index (χ0v) is 6.28. The smallest absolute Gasteiger partial charge is 0.169 e. The van der Waals surface area contributed by atoms with Crippen LogP contribution in [0.3, 0.4) is 0 Å². The Morgan fingerprint density at radius 3 is 3.22 bits per heavy atom. The molecule has 0 atom stereocenters. The summed E-state index contributed by atoms with van der Waals surface area (Å²) in [5.74, 6) is 0.704. The van der Waals surface area contributed by atoms with E-state index in [9.17, 15) is 0 Å². The van der Waals surface area contributed by atoms with E-state index in [-0.39, 0.29) is 6.61 Å². The fourth-order valence-corrected chi connectivity index (χ4v) is 1.62. The van der Waals surface area contributed by atoms with Gasteiger partial charge in [-0.1, -0.05) is 11.8 Å². The first kappa shape index (κ1) is 6.98. The molecule has 0 spiro atoms. The molecule has 3 nitrogen and oxygen atoms in total. The molecule has 0 fully saturated rings. The predicted octanol–water partition coefficient (Wildman–Crippen LogP) is 0.622. The molecule has 1 aromatic heterocycles. The first-order chi connectivity index (χ1) is 4.43. The minimum absolute atomic E-state index is 0.199. The third-order valence-electron chi connectivity index (χ3n) is 0.658. The number of thioether (sulfide) groups is 1. The van der Waals surface area contributed by atoms with Crippen molar-refractivity contribution in [3.8, 4) is 0 Å². The molecular weight excluding hydrogens is 156 g/mol. The van der Waals surface area contributed by atoms with Gasteiger partial charge in [0.05, 0.1) is 6.61 Å². The molecule has 1 aromatic rings. The molecular formula is C4H6N2OS2. The lowest BCUT2D eigenvalue weighted by Crippen LogP contribution is -1.83. The molecule has 0 aromatic carbocycles. The van der Waals surface area contributed by atoms with E-state index in [1.54, 1.807) is 0 Å². The number of nitrogens with zero attached hydrogens (tertiary/aromatic N) is 2. The van der Waals surface area contributed by atoms with E-state index in [1.165, 1.54) is 29.6 Å². The van der Waals surface area contributed by atoms with Crippen LogP contribution in [0.4, 0.5) is 0 Å². The number of aliphatic hydroxyl groups excluding tert-OH is 1. The first-order valence-corrected chi connectivity index (χ1v) is 4.19. The molecule has 0 aliphatic carbocycles. The van der Waals surface area contributed by atoms with E-state index in [1.807, 2.05) is 0 Å². The molecule has 9 heavy (non-hydrogen) atoms. The highest BCUT2D eigenvalue weighted by molar-refractivity contribution is 8.00. The lowest BCUT2D eigenvalue weighted by molar-refractivity contribution is 0.322. The van der Waals surface area contributed by atoms with Crippen LogP contribution >= 0.6 is 23.3 Å². The van der Waals surface area contributed by atoms with Crippen molar-refractivity contribution in [2.24, 2.45) is 0 Å². The zero-order chi connectivity index (χ0) is 6.53. The minimum atomic E-state index is 0.199. The molecule has 0 unspecified atom stereocenters. The van der Waals surface area contributed by atoms with Crippen LogP contribution in [0, 0.1) is 0 Å². The van der Waals surface area contributed by atoms with Gasteiger partial charge >= 0.3 is 0 Å². The summed E-state index contributed by atoms with van der Waals surface area (Å²) in [4.78, 5) is 3.91. The second-order valence-corrected chi connectivity index (χ2v) is 3.40. The van der Waals surface area contributed by atoms with Gasteiger partial charge in [0, 0.05) is 5.75 Å². The van der Waals surface area contributed by atoms with Gasteiger partial charge in [-0.05, 0) is 11.5 Å². The molecule has 5 heteroatoms. The Morgan fingerprint density at radius 1 is 1.78 bits per heavy atom. The minimum Gasteiger partial charge on any atom is -0.396 e. The van der Waals surface area contributed by atoms with Crippen molar-refractivity contribution in [2.45, 2.75) is 4.34 Å². The molecule has 1 heterocycles. The van der Waals surface area contributed by atoms with Crippen molar-refractivity contribution in [1.82, 2.24) is 9.36 Å². The van der Waals surface area contributed by atoms with E-state index >= 15 is 0 Å². The van der Waals surface area contributed by atoms with Crippen LogP contribution in [0.1, 0.15) is 0 Å². The Hall–Kier alpha value is -0.130. The Labute approximate surface area is 61.3 Å². The Balaban J connectivity index is 2.30. The lowest BCUT2D eigenvalue weighted by Gasteiger charge is -1.87. The van der Waals surface area contributed by atoms with Gasteiger partial charge < -0.3 is 5.11 Å². The van der Waals surface area contributed by atoms with Crippen molar-refractivity contribution in [2.75, 3.05) is 12.4 Å². The fourth-order valence-electron chi connectivity index (χ4n) is 0.360. The van der Waals surface area contributed by atoms with Gasteiger partial charge in [-0.2, -0.15) is 4.37 Å². The Morgan fingerprint density at radius 2 is 2.67 bits per heavy atom. The lowest BCUT2D eigenvalue weighted by atomic mass is 10.9. The molecule has 0 aliphatic rings. The summed E-state index contributed by atoms with van der Waals surface area (Å²) in [6, 6.07) is 0. The fraction of sp³-hybridized carbons (Fsp3) is 0.500. The summed E-state index contributed by atoms with van der Waals surface area (Å²) in [5, 5.41) is 8.40. The van der Waals surface area contributed by atoms with Gasteiger partial charge in [0.25, 0.3) is 0 Å². The SMILES string of the molecule is OCCSc1ncns1. The van der Waals surface area contributed by atoms with Gasteiger partial charge in [-0.15, -0.1) is 0 Å². The maximum absolute atomic E-state index is 8.40. The second kappa shape index (κ2) is 3.81. The highest BCUT2D eigenvalue weighted by Crippen LogP contribution is 2.16. The second-order valence-electron chi connectivity index (χ2n) is 1.28. The number of rotatable bonds is 3. The average molecular weight is 162 g/mol. The van der Waals surface area contributed by atoms with Gasteiger partial charge in [0.1, 0.15) is 6.33 Å². The number of aromatic nitrogens is 2. The molecule has 0 bridgehead atoms. The molecule has 1 rings (SSSR count). The number of aliphatic hydroxyl groups is 1. The molecule has 0 saturated heterocycles. The summed E-state index contributed by atoms with van der Waals surface area (Å²) in [6.07, 6.45) is 1.52. The van der Waals surface area contributed by atoms with Crippen molar-refractivity contribution < 1.29 is 5.11 Å². The zero-order valence-electron chi connectivity index (χ0n) is 4.65. The maximum atomic E-state index is 8.40. The monoisotopic (exact) mass is 162 g/mol. The van der Waals surface area contributed by atoms with E-state index < -0.39 is 0 Å². The van der Waals surface area contributed by atoms with Crippen LogP contribution in [0.25, 0.3) is 0 Å². The summed E-state index contributed by atoms with van der Waals surface area (Å²) >= 11 is 2.88. The van der Waals surface area contributed by atoms with E-state index in [0.717, 1.165) is 4.34 Å². The third kappa shape index (κ3) is 2.30. The Kier molecular flexibility index (Phi) is 2.96. The van der Waals surface area contributed by atoms with E-state index in [4.69, 9.17) is 5.11 Å². The third-order valence-corrected chi connectivity index (χ3v) is 2.44. The number of hydrogen-bond donors (Lipinski definition) is 1. The van der Waals surface area contributed by atoms with Gasteiger partial charge in [-0.25, -0.2) is 4.98 Å². The predicted molar refractivity (Wildman–Crippen MR) is 37.7 cm³/mol. The van der Waals surface area contributed by atoms with Crippen LogP contribution in [0.2, 0.25) is 0 Å². The van der Waals surface area contributed by atoms with E-state index in [0.29, 0.717) is 5.75 Å². The van der Waals surface area contributed by atoms with Gasteiger partial charge in [0.15, 0.2) is 4.34 Å². The molecule has 50 valence electrons. The average Bonchev–Trinajstić information content (AvgIpc) is 2.34. The van der Waals surface area contributed by atoms with Crippen LogP contribution in [0.5, 0.6) is 0 Å². The molecule has 0 radical (unpaired) electrons. The molecule has 0 saturated carbocycles. The standard InChI is InChI=1S/C4H6N2OS2/c7-1-2-8-4-5-3-6-9-4/h3,7H,1-2H2. The quantitative estimate of drug-likeness (QED) is 0.662. The molecule has 1 N–H and O–H groups in total. The van der Waals surface area contributed by atoms with E-state index in [2.05, 4.69) is 9.36 Å². The topological polar surface area (TPSA) is 46.0 Å².